The summed E-state index contributed by atoms with van der Waals surface area (Å²) in [7, 11) is 0. The van der Waals surface area contributed by atoms with Crippen LogP contribution in [0, 0.1) is 0 Å². The number of likely N-dealkylation sites (tertiary alicyclic amines) is 1. The van der Waals surface area contributed by atoms with Crippen molar-refractivity contribution in [3.05, 3.63) is 83.4 Å². The zero-order chi connectivity index (χ0) is 24.4. The van der Waals surface area contributed by atoms with Crippen LogP contribution in [0.2, 0.25) is 0 Å². The molecule has 0 spiro atoms. The van der Waals surface area contributed by atoms with Crippen molar-refractivity contribution in [3.63, 3.8) is 0 Å². The number of rotatable bonds is 5. The van der Waals surface area contributed by atoms with Gasteiger partial charge in [0, 0.05) is 36.3 Å². The number of hydrogen-bond donors (Lipinski definition) is 2. The summed E-state index contributed by atoms with van der Waals surface area (Å²) in [6.07, 6.45) is 1.49. The molecule has 0 aromatic heterocycles. The Kier molecular flexibility index (Phi) is 6.34. The third kappa shape index (κ3) is 5.41. The number of carbonyl (C=O) groups excluding carboxylic acids is 2. The van der Waals surface area contributed by atoms with Crippen LogP contribution in [0.15, 0.2) is 66.7 Å². The molecule has 0 radical (unpaired) electrons. The standard InChI is InChI=1S/C28H27F2N3O2/c29-28(30)13-4-14-33(18-28)17-22-15-21(8-11-24(22)19-5-2-1-3-6-19)27(35)31-23-10-7-20-9-12-26(34)32-25(20)16-23/h1-3,5-8,10-11,15-16H,4,9,12-14,17-18H2,(H,31,35)(H,32,34). The van der Waals surface area contributed by atoms with Crippen molar-refractivity contribution in [2.75, 3.05) is 23.7 Å². The lowest BCUT2D eigenvalue weighted by molar-refractivity contribution is -0.116. The van der Waals surface area contributed by atoms with Crippen LogP contribution in [-0.4, -0.2) is 35.7 Å². The highest BCUT2D eigenvalue weighted by molar-refractivity contribution is 6.05. The van der Waals surface area contributed by atoms with E-state index in [2.05, 4.69) is 10.6 Å². The first kappa shape index (κ1) is 23.2. The molecular weight excluding hydrogens is 448 g/mol. The van der Waals surface area contributed by atoms with Crippen LogP contribution in [0.25, 0.3) is 11.1 Å². The van der Waals surface area contributed by atoms with E-state index in [1.54, 1.807) is 23.1 Å². The summed E-state index contributed by atoms with van der Waals surface area (Å²) in [4.78, 5) is 26.6. The van der Waals surface area contributed by atoms with Gasteiger partial charge in [-0.3, -0.25) is 14.5 Å². The molecule has 2 N–H and O–H groups in total. The minimum atomic E-state index is -2.69. The number of benzene rings is 3. The van der Waals surface area contributed by atoms with E-state index in [4.69, 9.17) is 0 Å². The molecule has 0 unspecified atom stereocenters. The normalized spacial score (nSPS) is 17.4. The maximum absolute atomic E-state index is 14.0. The second kappa shape index (κ2) is 9.58. The molecule has 2 aliphatic heterocycles. The molecule has 0 bridgehead atoms. The molecule has 2 aliphatic rings. The number of piperidine rings is 1. The molecule has 0 atom stereocenters. The Bertz CT molecular complexity index is 1260. The fourth-order valence-corrected chi connectivity index (χ4v) is 4.84. The van der Waals surface area contributed by atoms with Crippen LogP contribution < -0.4 is 10.6 Å². The van der Waals surface area contributed by atoms with E-state index in [9.17, 15) is 18.4 Å². The number of anilines is 2. The second-order valence-electron chi connectivity index (χ2n) is 9.28. The number of aryl methyl sites for hydroxylation is 1. The number of amides is 2. The van der Waals surface area contributed by atoms with Gasteiger partial charge in [-0.25, -0.2) is 8.78 Å². The number of carbonyl (C=O) groups is 2. The van der Waals surface area contributed by atoms with Crippen molar-refractivity contribution in [2.24, 2.45) is 0 Å². The average Bonchev–Trinajstić information content (AvgIpc) is 2.83. The van der Waals surface area contributed by atoms with Crippen LogP contribution >= 0.6 is 0 Å². The number of halogens is 2. The van der Waals surface area contributed by atoms with Crippen LogP contribution in [-0.2, 0) is 17.8 Å². The SMILES string of the molecule is O=C1CCc2ccc(NC(=O)c3ccc(-c4ccccc4)c(CN4CCCC(F)(F)C4)c3)cc2N1. The molecule has 1 fully saturated rings. The van der Waals surface area contributed by atoms with E-state index < -0.39 is 5.92 Å². The quantitative estimate of drug-likeness (QED) is 0.496. The minimum Gasteiger partial charge on any atom is -0.326 e. The monoisotopic (exact) mass is 475 g/mol. The molecule has 5 rings (SSSR count). The lowest BCUT2D eigenvalue weighted by Gasteiger charge is -2.33. The summed E-state index contributed by atoms with van der Waals surface area (Å²) >= 11 is 0. The predicted octanol–water partition coefficient (Wildman–Crippen LogP) is 5.72. The first-order valence-corrected chi connectivity index (χ1v) is 11.9. The molecular formula is C28H27F2N3O2. The molecule has 180 valence electrons. The van der Waals surface area contributed by atoms with Crippen LogP contribution in [0.5, 0.6) is 0 Å². The van der Waals surface area contributed by atoms with Crippen molar-refractivity contribution in [3.8, 4) is 11.1 Å². The maximum atomic E-state index is 14.0. The van der Waals surface area contributed by atoms with Gasteiger partial charge in [-0.15, -0.1) is 0 Å². The largest absolute Gasteiger partial charge is 0.326 e. The van der Waals surface area contributed by atoms with Crippen LogP contribution in [0.4, 0.5) is 20.2 Å². The summed E-state index contributed by atoms with van der Waals surface area (Å²) in [6, 6.07) is 20.7. The Morgan fingerprint density at radius 1 is 1.03 bits per heavy atom. The van der Waals surface area contributed by atoms with E-state index in [0.29, 0.717) is 49.3 Å². The molecule has 0 saturated carbocycles. The third-order valence-electron chi connectivity index (χ3n) is 6.58. The van der Waals surface area contributed by atoms with Crippen molar-refractivity contribution in [2.45, 2.75) is 38.2 Å². The highest BCUT2D eigenvalue weighted by atomic mass is 19.3. The number of fused-ring (bicyclic) bond motifs is 1. The van der Waals surface area contributed by atoms with E-state index in [-0.39, 0.29) is 24.8 Å². The van der Waals surface area contributed by atoms with Gasteiger partial charge in [0.25, 0.3) is 11.8 Å². The van der Waals surface area contributed by atoms with Crippen molar-refractivity contribution >= 4 is 23.2 Å². The molecule has 0 aliphatic carbocycles. The summed E-state index contributed by atoms with van der Waals surface area (Å²) in [5.41, 5.74) is 5.52. The molecule has 3 aromatic rings. The van der Waals surface area contributed by atoms with Gasteiger partial charge in [0.2, 0.25) is 5.91 Å². The predicted molar refractivity (Wildman–Crippen MR) is 133 cm³/mol. The third-order valence-corrected chi connectivity index (χ3v) is 6.58. The topological polar surface area (TPSA) is 61.4 Å². The first-order valence-electron chi connectivity index (χ1n) is 11.9. The summed E-state index contributed by atoms with van der Waals surface area (Å²) in [5, 5.41) is 5.75. The minimum absolute atomic E-state index is 0.0367. The van der Waals surface area contributed by atoms with Gasteiger partial charge in [-0.2, -0.15) is 0 Å². The van der Waals surface area contributed by atoms with E-state index in [1.165, 1.54) is 0 Å². The molecule has 3 aromatic carbocycles. The van der Waals surface area contributed by atoms with Crippen LogP contribution in [0.1, 0.15) is 40.7 Å². The first-order chi connectivity index (χ1) is 16.9. The Morgan fingerprint density at radius 2 is 1.86 bits per heavy atom. The summed E-state index contributed by atoms with van der Waals surface area (Å²) in [5.74, 6) is -3.02. The Labute approximate surface area is 203 Å². The van der Waals surface area contributed by atoms with Gasteiger partial charge in [0.05, 0.1) is 6.54 Å². The average molecular weight is 476 g/mol. The number of alkyl halides is 2. The number of nitrogens with one attached hydrogen (secondary N) is 2. The van der Waals surface area contributed by atoms with Gasteiger partial charge in [-0.1, -0.05) is 42.5 Å². The van der Waals surface area contributed by atoms with Gasteiger partial charge < -0.3 is 10.6 Å². The second-order valence-corrected chi connectivity index (χ2v) is 9.28. The molecule has 7 heteroatoms. The number of hydrogen-bond acceptors (Lipinski definition) is 3. The Balaban J connectivity index is 1.41. The Morgan fingerprint density at radius 3 is 2.66 bits per heavy atom. The molecule has 5 nitrogen and oxygen atoms in total. The highest BCUT2D eigenvalue weighted by Crippen LogP contribution is 2.31. The Hall–Kier alpha value is -3.58. The van der Waals surface area contributed by atoms with Crippen molar-refractivity contribution in [1.82, 2.24) is 4.90 Å². The lowest BCUT2D eigenvalue weighted by atomic mass is 9.96. The van der Waals surface area contributed by atoms with E-state index >= 15 is 0 Å². The van der Waals surface area contributed by atoms with E-state index in [1.807, 2.05) is 48.5 Å². The molecule has 2 heterocycles. The van der Waals surface area contributed by atoms with Gasteiger partial charge in [0.1, 0.15) is 0 Å². The summed E-state index contributed by atoms with van der Waals surface area (Å²) < 4.78 is 28.1. The van der Waals surface area contributed by atoms with Gasteiger partial charge in [0.15, 0.2) is 0 Å². The summed E-state index contributed by atoms with van der Waals surface area (Å²) in [6.45, 7) is 0.658. The number of nitrogens with zero attached hydrogens (tertiary/aromatic N) is 1. The zero-order valence-corrected chi connectivity index (χ0v) is 19.3. The van der Waals surface area contributed by atoms with Crippen LogP contribution in [0.3, 0.4) is 0 Å². The van der Waals surface area contributed by atoms with Crippen molar-refractivity contribution in [1.29, 1.82) is 0 Å². The zero-order valence-electron chi connectivity index (χ0n) is 19.3. The van der Waals surface area contributed by atoms with Gasteiger partial charge in [-0.05, 0) is 65.9 Å². The smallest absolute Gasteiger partial charge is 0.260 e. The molecule has 2 amide bonds. The highest BCUT2D eigenvalue weighted by Gasteiger charge is 2.35. The lowest BCUT2D eigenvalue weighted by Crippen LogP contribution is -2.42. The fraction of sp³-hybridized carbons (Fsp3) is 0.286. The van der Waals surface area contributed by atoms with E-state index in [0.717, 1.165) is 22.3 Å². The maximum Gasteiger partial charge on any atom is 0.260 e. The van der Waals surface area contributed by atoms with Gasteiger partial charge >= 0.3 is 0 Å². The molecule has 35 heavy (non-hydrogen) atoms. The van der Waals surface area contributed by atoms with Crippen molar-refractivity contribution < 1.29 is 18.4 Å². The fourth-order valence-electron chi connectivity index (χ4n) is 4.84. The molecule has 1 saturated heterocycles.